The Labute approximate surface area is 158 Å². The first-order chi connectivity index (χ1) is 13.1. The molecule has 0 unspecified atom stereocenters. The molecule has 2 heterocycles. The SMILES string of the molecule is Cc1ccccc1-c1nc(-c2ccccc2)nc(-c2nccc[n+]2C)[n+]1C. The molecule has 5 nitrogen and oxygen atoms in total. The van der Waals surface area contributed by atoms with Crippen molar-refractivity contribution < 1.29 is 9.13 Å². The zero-order valence-corrected chi connectivity index (χ0v) is 15.7. The average Bonchev–Trinajstić information content (AvgIpc) is 2.70. The lowest BCUT2D eigenvalue weighted by atomic mass is 10.1. The van der Waals surface area contributed by atoms with E-state index in [0.717, 1.165) is 28.6 Å². The maximum absolute atomic E-state index is 4.90. The molecule has 0 amide bonds. The number of aryl methyl sites for hydroxylation is 2. The smallest absolute Gasteiger partial charge is 0.228 e. The summed E-state index contributed by atoms with van der Waals surface area (Å²) in [6.07, 6.45) is 3.76. The van der Waals surface area contributed by atoms with E-state index < -0.39 is 0 Å². The summed E-state index contributed by atoms with van der Waals surface area (Å²) in [6, 6.07) is 20.2. The largest absolute Gasteiger partial charge is 0.400 e. The first-order valence-corrected chi connectivity index (χ1v) is 8.85. The first-order valence-electron chi connectivity index (χ1n) is 8.85. The minimum atomic E-state index is 0.688. The lowest BCUT2D eigenvalue weighted by molar-refractivity contribution is -0.690. The van der Waals surface area contributed by atoms with E-state index in [9.17, 15) is 0 Å². The Morgan fingerprint density at radius 3 is 2.19 bits per heavy atom. The number of hydrogen-bond donors (Lipinski definition) is 0. The highest BCUT2D eigenvalue weighted by Crippen LogP contribution is 2.23. The molecule has 2 aromatic carbocycles. The molecule has 0 saturated heterocycles. The summed E-state index contributed by atoms with van der Waals surface area (Å²) in [5.41, 5.74) is 3.23. The van der Waals surface area contributed by atoms with Gasteiger partial charge in [-0.15, -0.1) is 0 Å². The molecule has 0 aliphatic heterocycles. The van der Waals surface area contributed by atoms with Crippen LogP contribution in [0.3, 0.4) is 0 Å². The van der Waals surface area contributed by atoms with Crippen molar-refractivity contribution in [2.75, 3.05) is 0 Å². The average molecular weight is 355 g/mol. The van der Waals surface area contributed by atoms with Gasteiger partial charge in [0.2, 0.25) is 0 Å². The second-order valence-electron chi connectivity index (χ2n) is 6.49. The van der Waals surface area contributed by atoms with Gasteiger partial charge in [0, 0.05) is 6.07 Å². The van der Waals surface area contributed by atoms with E-state index in [-0.39, 0.29) is 0 Å². The van der Waals surface area contributed by atoms with Crippen LogP contribution in [0.25, 0.3) is 34.4 Å². The quantitative estimate of drug-likeness (QED) is 0.531. The van der Waals surface area contributed by atoms with Crippen LogP contribution < -0.4 is 9.13 Å². The molecule has 4 rings (SSSR count). The van der Waals surface area contributed by atoms with Gasteiger partial charge < -0.3 is 0 Å². The molecule has 27 heavy (non-hydrogen) atoms. The van der Waals surface area contributed by atoms with Gasteiger partial charge in [0.05, 0.1) is 31.4 Å². The number of nitrogens with zero attached hydrogens (tertiary/aromatic N) is 5. The fourth-order valence-corrected chi connectivity index (χ4v) is 3.12. The van der Waals surface area contributed by atoms with Crippen molar-refractivity contribution in [2.45, 2.75) is 6.92 Å². The zero-order chi connectivity index (χ0) is 18.8. The molecule has 0 spiro atoms. The van der Waals surface area contributed by atoms with E-state index in [1.165, 1.54) is 5.56 Å². The Balaban J connectivity index is 2.03. The van der Waals surface area contributed by atoms with E-state index >= 15 is 0 Å². The molecule has 0 bridgehead atoms. The lowest BCUT2D eigenvalue weighted by Gasteiger charge is -2.07. The van der Waals surface area contributed by atoms with Crippen LogP contribution >= 0.6 is 0 Å². The Bertz CT molecular complexity index is 1040. The second-order valence-corrected chi connectivity index (χ2v) is 6.49. The van der Waals surface area contributed by atoms with Gasteiger partial charge in [-0.1, -0.05) is 46.4 Å². The van der Waals surface area contributed by atoms with Gasteiger partial charge in [-0.05, 0) is 35.7 Å². The zero-order valence-electron chi connectivity index (χ0n) is 15.7. The third-order valence-corrected chi connectivity index (χ3v) is 4.60. The summed E-state index contributed by atoms with van der Waals surface area (Å²) in [5, 5.41) is 0. The van der Waals surface area contributed by atoms with Crippen LogP contribution in [-0.4, -0.2) is 15.0 Å². The summed E-state index contributed by atoms with van der Waals surface area (Å²) in [4.78, 5) is 14.3. The van der Waals surface area contributed by atoms with Gasteiger partial charge in [-0.2, -0.15) is 0 Å². The highest BCUT2D eigenvalue weighted by atomic mass is 15.2. The number of rotatable bonds is 3. The molecule has 132 valence electrons. The predicted molar refractivity (Wildman–Crippen MR) is 103 cm³/mol. The minimum Gasteiger partial charge on any atom is -0.228 e. The van der Waals surface area contributed by atoms with Crippen molar-refractivity contribution in [3.63, 3.8) is 0 Å². The third-order valence-electron chi connectivity index (χ3n) is 4.60. The standard InChI is InChI=1S/C22H21N5/c1-16-10-7-8-13-18(16)20-24-19(17-11-5-4-6-12-17)25-22(27(20)3)21-23-14-9-15-26(21)2/h4-15H,1-3H3/q+2. The number of benzene rings is 2. The van der Waals surface area contributed by atoms with Crippen LogP contribution in [-0.2, 0) is 14.1 Å². The summed E-state index contributed by atoms with van der Waals surface area (Å²) in [7, 11) is 3.96. The van der Waals surface area contributed by atoms with Crippen molar-refractivity contribution in [1.82, 2.24) is 15.0 Å². The molecule has 2 aromatic heterocycles. The van der Waals surface area contributed by atoms with Crippen LogP contribution in [0.4, 0.5) is 0 Å². The monoisotopic (exact) mass is 355 g/mol. The van der Waals surface area contributed by atoms with Crippen molar-refractivity contribution in [1.29, 1.82) is 0 Å². The number of aromatic nitrogens is 5. The van der Waals surface area contributed by atoms with E-state index in [0.29, 0.717) is 5.82 Å². The Morgan fingerprint density at radius 2 is 1.44 bits per heavy atom. The molecule has 0 atom stereocenters. The van der Waals surface area contributed by atoms with Crippen molar-refractivity contribution in [2.24, 2.45) is 14.1 Å². The van der Waals surface area contributed by atoms with Crippen molar-refractivity contribution >= 4 is 0 Å². The third kappa shape index (κ3) is 3.19. The highest BCUT2D eigenvalue weighted by Gasteiger charge is 2.30. The van der Waals surface area contributed by atoms with E-state index in [2.05, 4.69) is 24.0 Å². The first kappa shape index (κ1) is 17.0. The van der Waals surface area contributed by atoms with E-state index in [4.69, 9.17) is 9.97 Å². The summed E-state index contributed by atoms with van der Waals surface area (Å²) < 4.78 is 3.98. The topological polar surface area (TPSA) is 46.4 Å². The second kappa shape index (κ2) is 7.03. The van der Waals surface area contributed by atoms with Crippen LogP contribution in [0.1, 0.15) is 5.56 Å². The van der Waals surface area contributed by atoms with Gasteiger partial charge >= 0.3 is 17.5 Å². The molecule has 5 heteroatoms. The predicted octanol–water partition coefficient (Wildman–Crippen LogP) is 2.83. The van der Waals surface area contributed by atoms with Crippen LogP contribution in [0, 0.1) is 6.92 Å². The summed E-state index contributed by atoms with van der Waals surface area (Å²) in [6.45, 7) is 2.10. The van der Waals surface area contributed by atoms with E-state index in [1.807, 2.05) is 78.0 Å². The maximum atomic E-state index is 4.90. The molecule has 0 fully saturated rings. The van der Waals surface area contributed by atoms with Crippen LogP contribution in [0.5, 0.6) is 0 Å². The molecule has 0 N–H and O–H groups in total. The summed E-state index contributed by atoms with van der Waals surface area (Å²) in [5.74, 6) is 3.11. The summed E-state index contributed by atoms with van der Waals surface area (Å²) >= 11 is 0. The van der Waals surface area contributed by atoms with Gasteiger partial charge in [0.25, 0.3) is 5.82 Å². The fourth-order valence-electron chi connectivity index (χ4n) is 3.12. The minimum absolute atomic E-state index is 0.688. The van der Waals surface area contributed by atoms with Gasteiger partial charge in [0.1, 0.15) is 6.20 Å². The Hall–Kier alpha value is -3.47. The normalized spacial score (nSPS) is 10.8. The van der Waals surface area contributed by atoms with Crippen molar-refractivity contribution in [3.8, 4) is 34.4 Å². The molecule has 4 aromatic rings. The molecular weight excluding hydrogens is 334 g/mol. The molecular formula is C22H21N5+2. The molecule has 0 saturated carbocycles. The van der Waals surface area contributed by atoms with Crippen molar-refractivity contribution in [3.05, 3.63) is 78.6 Å². The van der Waals surface area contributed by atoms with Gasteiger partial charge in [-0.25, -0.2) is 9.13 Å². The molecule has 0 radical (unpaired) electrons. The molecule has 0 aliphatic carbocycles. The van der Waals surface area contributed by atoms with E-state index in [1.54, 1.807) is 6.20 Å². The lowest BCUT2D eigenvalue weighted by Crippen LogP contribution is -2.42. The van der Waals surface area contributed by atoms with Crippen LogP contribution in [0.15, 0.2) is 73.1 Å². The van der Waals surface area contributed by atoms with Gasteiger partial charge in [0.15, 0.2) is 0 Å². The molecule has 0 aliphatic rings. The highest BCUT2D eigenvalue weighted by molar-refractivity contribution is 5.62. The van der Waals surface area contributed by atoms with Crippen LogP contribution in [0.2, 0.25) is 0 Å². The fraction of sp³-hybridized carbons (Fsp3) is 0.136. The number of hydrogen-bond acceptors (Lipinski definition) is 3. The maximum Gasteiger partial charge on any atom is 0.400 e. The van der Waals surface area contributed by atoms with Gasteiger partial charge in [-0.3, -0.25) is 0 Å². The Morgan fingerprint density at radius 1 is 0.741 bits per heavy atom. The Kier molecular flexibility index (Phi) is 4.42.